The summed E-state index contributed by atoms with van der Waals surface area (Å²) >= 11 is 0. The van der Waals surface area contributed by atoms with Gasteiger partial charge in [0.2, 0.25) is 17.8 Å². The summed E-state index contributed by atoms with van der Waals surface area (Å²) in [5.74, 6) is 1.87. The highest BCUT2D eigenvalue weighted by atomic mass is 15.3. The highest BCUT2D eigenvalue weighted by molar-refractivity contribution is 5.40. The highest BCUT2D eigenvalue weighted by Crippen LogP contribution is 2.15. The molecule has 0 aromatic carbocycles. The van der Waals surface area contributed by atoms with E-state index in [1.807, 2.05) is 6.20 Å². The van der Waals surface area contributed by atoms with Gasteiger partial charge in [-0.15, -0.1) is 0 Å². The first-order valence-electron chi connectivity index (χ1n) is 7.40. The van der Waals surface area contributed by atoms with E-state index < -0.39 is 0 Å². The minimum Gasteiger partial charge on any atom is -0.354 e. The van der Waals surface area contributed by atoms with Gasteiger partial charge in [0.25, 0.3) is 0 Å². The van der Waals surface area contributed by atoms with Gasteiger partial charge in [-0.2, -0.15) is 15.0 Å². The van der Waals surface area contributed by atoms with E-state index in [4.69, 9.17) is 0 Å². The van der Waals surface area contributed by atoms with Crippen LogP contribution < -0.4 is 10.2 Å². The maximum Gasteiger partial charge on any atom is 0.241 e. The SMILES string of the molecule is CCCNc1nc(N(CC)C(C)C)nc(-n2ccnc2)n1. The average molecular weight is 289 g/mol. The molecule has 114 valence electrons. The monoisotopic (exact) mass is 289 g/mol. The molecule has 2 aromatic heterocycles. The lowest BCUT2D eigenvalue weighted by atomic mass is 10.3. The van der Waals surface area contributed by atoms with E-state index in [0.717, 1.165) is 19.5 Å². The predicted octanol–water partition coefficient (Wildman–Crippen LogP) is 2.11. The van der Waals surface area contributed by atoms with Crippen LogP contribution in [0.15, 0.2) is 18.7 Å². The summed E-state index contributed by atoms with van der Waals surface area (Å²) < 4.78 is 1.79. The third-order valence-electron chi connectivity index (χ3n) is 3.10. The van der Waals surface area contributed by atoms with Crippen LogP contribution in [0.2, 0.25) is 0 Å². The Morgan fingerprint density at radius 2 is 2.05 bits per heavy atom. The van der Waals surface area contributed by atoms with Gasteiger partial charge < -0.3 is 10.2 Å². The van der Waals surface area contributed by atoms with Gasteiger partial charge >= 0.3 is 0 Å². The summed E-state index contributed by atoms with van der Waals surface area (Å²) in [6.45, 7) is 10.1. The molecular formula is C14H23N7. The molecule has 1 N–H and O–H groups in total. The van der Waals surface area contributed by atoms with E-state index in [0.29, 0.717) is 23.9 Å². The lowest BCUT2D eigenvalue weighted by Crippen LogP contribution is -2.32. The van der Waals surface area contributed by atoms with E-state index in [-0.39, 0.29) is 0 Å². The molecule has 0 aliphatic carbocycles. The van der Waals surface area contributed by atoms with Crippen LogP contribution in [0.1, 0.15) is 34.1 Å². The second kappa shape index (κ2) is 7.01. The number of nitrogens with one attached hydrogen (secondary N) is 1. The lowest BCUT2D eigenvalue weighted by Gasteiger charge is -2.25. The van der Waals surface area contributed by atoms with Crippen molar-refractivity contribution in [1.29, 1.82) is 0 Å². The molecule has 0 aliphatic rings. The molecule has 7 nitrogen and oxygen atoms in total. The fourth-order valence-electron chi connectivity index (χ4n) is 2.03. The zero-order valence-electron chi connectivity index (χ0n) is 13.1. The van der Waals surface area contributed by atoms with Crippen molar-refractivity contribution in [3.8, 4) is 5.95 Å². The molecule has 0 spiro atoms. The molecular weight excluding hydrogens is 266 g/mol. The molecule has 0 amide bonds. The largest absolute Gasteiger partial charge is 0.354 e. The standard InChI is InChI=1S/C14H23N7/c1-5-7-16-12-17-13(20-9-8-15-10-20)19-14(18-12)21(6-2)11(3)4/h8-11H,5-7H2,1-4H3,(H,16,17,18,19). The van der Waals surface area contributed by atoms with Crippen molar-refractivity contribution in [2.24, 2.45) is 0 Å². The summed E-state index contributed by atoms with van der Waals surface area (Å²) in [6.07, 6.45) is 6.24. The van der Waals surface area contributed by atoms with Crippen LogP contribution in [0.25, 0.3) is 5.95 Å². The number of hydrogen-bond donors (Lipinski definition) is 1. The van der Waals surface area contributed by atoms with Crippen molar-refractivity contribution in [3.05, 3.63) is 18.7 Å². The van der Waals surface area contributed by atoms with Crippen molar-refractivity contribution in [2.45, 2.75) is 40.2 Å². The average Bonchev–Trinajstić information content (AvgIpc) is 2.99. The smallest absolute Gasteiger partial charge is 0.241 e. The van der Waals surface area contributed by atoms with Gasteiger partial charge in [0.1, 0.15) is 6.33 Å². The van der Waals surface area contributed by atoms with Gasteiger partial charge in [0.15, 0.2) is 0 Å². The quantitative estimate of drug-likeness (QED) is 0.841. The molecule has 2 heterocycles. The van der Waals surface area contributed by atoms with Crippen LogP contribution in [0, 0.1) is 0 Å². The van der Waals surface area contributed by atoms with Crippen molar-refractivity contribution in [2.75, 3.05) is 23.3 Å². The van der Waals surface area contributed by atoms with Crippen LogP contribution in [-0.2, 0) is 0 Å². The predicted molar refractivity (Wildman–Crippen MR) is 83.9 cm³/mol. The van der Waals surface area contributed by atoms with Crippen molar-refractivity contribution < 1.29 is 0 Å². The third-order valence-corrected chi connectivity index (χ3v) is 3.10. The summed E-state index contributed by atoms with van der Waals surface area (Å²) in [4.78, 5) is 19.7. The van der Waals surface area contributed by atoms with Crippen LogP contribution >= 0.6 is 0 Å². The number of imidazole rings is 1. The molecule has 2 rings (SSSR count). The Bertz CT molecular complexity index is 550. The first-order valence-corrected chi connectivity index (χ1v) is 7.40. The third kappa shape index (κ3) is 3.68. The zero-order chi connectivity index (χ0) is 15.2. The van der Waals surface area contributed by atoms with Crippen LogP contribution in [-0.4, -0.2) is 43.6 Å². The number of anilines is 2. The molecule has 0 unspecified atom stereocenters. The zero-order valence-corrected chi connectivity index (χ0v) is 13.1. The van der Waals surface area contributed by atoms with E-state index in [2.05, 4.69) is 57.8 Å². The molecule has 0 saturated carbocycles. The second-order valence-corrected chi connectivity index (χ2v) is 5.04. The fourth-order valence-corrected chi connectivity index (χ4v) is 2.03. The number of aromatic nitrogens is 5. The summed E-state index contributed by atoms with van der Waals surface area (Å²) in [6, 6.07) is 0.326. The highest BCUT2D eigenvalue weighted by Gasteiger charge is 2.15. The van der Waals surface area contributed by atoms with E-state index in [1.165, 1.54) is 0 Å². The molecule has 0 radical (unpaired) electrons. The Kier molecular flexibility index (Phi) is 5.08. The topological polar surface area (TPSA) is 71.8 Å². The Morgan fingerprint density at radius 1 is 1.24 bits per heavy atom. The molecule has 0 aliphatic heterocycles. The molecule has 0 fully saturated rings. The lowest BCUT2D eigenvalue weighted by molar-refractivity contribution is 0.675. The van der Waals surface area contributed by atoms with Gasteiger partial charge in [-0.3, -0.25) is 4.57 Å². The Labute approximate surface area is 125 Å². The van der Waals surface area contributed by atoms with E-state index in [1.54, 1.807) is 17.1 Å². The maximum atomic E-state index is 4.56. The van der Waals surface area contributed by atoms with Crippen molar-refractivity contribution in [3.63, 3.8) is 0 Å². The fraction of sp³-hybridized carbons (Fsp3) is 0.571. The van der Waals surface area contributed by atoms with Gasteiger partial charge in [0.05, 0.1) is 0 Å². The van der Waals surface area contributed by atoms with Gasteiger partial charge in [-0.05, 0) is 27.2 Å². The van der Waals surface area contributed by atoms with Gasteiger partial charge in [-0.1, -0.05) is 6.92 Å². The second-order valence-electron chi connectivity index (χ2n) is 5.04. The minimum absolute atomic E-state index is 0.326. The Balaban J connectivity index is 2.41. The molecule has 0 atom stereocenters. The first kappa shape index (κ1) is 15.2. The van der Waals surface area contributed by atoms with Crippen molar-refractivity contribution in [1.82, 2.24) is 24.5 Å². The van der Waals surface area contributed by atoms with Crippen LogP contribution in [0.4, 0.5) is 11.9 Å². The maximum absolute atomic E-state index is 4.56. The first-order chi connectivity index (χ1) is 10.2. The number of nitrogens with zero attached hydrogens (tertiary/aromatic N) is 6. The normalized spacial score (nSPS) is 10.9. The summed E-state index contributed by atoms with van der Waals surface area (Å²) in [5.41, 5.74) is 0. The summed E-state index contributed by atoms with van der Waals surface area (Å²) in [7, 11) is 0. The van der Waals surface area contributed by atoms with Crippen LogP contribution in [0.3, 0.4) is 0 Å². The van der Waals surface area contributed by atoms with E-state index >= 15 is 0 Å². The molecule has 21 heavy (non-hydrogen) atoms. The van der Waals surface area contributed by atoms with Gasteiger partial charge in [-0.25, -0.2) is 4.98 Å². The van der Waals surface area contributed by atoms with Crippen molar-refractivity contribution >= 4 is 11.9 Å². The number of hydrogen-bond acceptors (Lipinski definition) is 6. The Morgan fingerprint density at radius 3 is 2.62 bits per heavy atom. The Hall–Kier alpha value is -2.18. The van der Waals surface area contributed by atoms with Gasteiger partial charge in [0, 0.05) is 31.5 Å². The number of rotatable bonds is 7. The molecule has 7 heteroatoms. The minimum atomic E-state index is 0.326. The molecule has 0 saturated heterocycles. The molecule has 2 aromatic rings. The summed E-state index contributed by atoms with van der Waals surface area (Å²) in [5, 5.41) is 3.23. The van der Waals surface area contributed by atoms with E-state index in [9.17, 15) is 0 Å². The molecule has 0 bridgehead atoms. The van der Waals surface area contributed by atoms with Crippen LogP contribution in [0.5, 0.6) is 0 Å².